The van der Waals surface area contributed by atoms with Gasteiger partial charge in [0.2, 0.25) is 12.2 Å². The van der Waals surface area contributed by atoms with Crippen molar-refractivity contribution >= 4 is 40.2 Å². The van der Waals surface area contributed by atoms with Crippen molar-refractivity contribution in [2.75, 3.05) is 43.6 Å². The van der Waals surface area contributed by atoms with E-state index in [2.05, 4.69) is 16.9 Å². The topological polar surface area (TPSA) is 221 Å². The summed E-state index contributed by atoms with van der Waals surface area (Å²) in [6.45, 7) is 2.70. The molecule has 2 amide bonds. The summed E-state index contributed by atoms with van der Waals surface area (Å²) >= 11 is 0. The molecule has 3 N–H and O–H groups in total. The Kier molecular flexibility index (Phi) is 9.34. The van der Waals surface area contributed by atoms with Gasteiger partial charge in [-0.1, -0.05) is 6.92 Å². The second kappa shape index (κ2) is 13.2. The van der Waals surface area contributed by atoms with Gasteiger partial charge in [0, 0.05) is 45.5 Å². The summed E-state index contributed by atoms with van der Waals surface area (Å²) in [6.07, 6.45) is -2.63. The number of hydrogen-bond acceptors (Lipinski definition) is 13. The van der Waals surface area contributed by atoms with Crippen LogP contribution in [0.15, 0.2) is 36.8 Å². The van der Waals surface area contributed by atoms with Crippen LogP contribution in [0.2, 0.25) is 0 Å². The highest BCUT2D eigenvalue weighted by atomic mass is 16.7. The highest BCUT2D eigenvalue weighted by Gasteiger charge is 2.40. The lowest BCUT2D eigenvalue weighted by atomic mass is 9.92. The summed E-state index contributed by atoms with van der Waals surface area (Å²) in [6, 6.07) is 6.30. The van der Waals surface area contributed by atoms with Crippen LogP contribution in [0.3, 0.4) is 0 Å². The molecule has 1 unspecified atom stereocenters. The van der Waals surface area contributed by atoms with Gasteiger partial charge in [0.15, 0.2) is 5.65 Å². The first-order chi connectivity index (χ1) is 21.9. The van der Waals surface area contributed by atoms with Crippen molar-refractivity contribution < 1.29 is 39.3 Å². The van der Waals surface area contributed by atoms with Gasteiger partial charge in [-0.15, -0.1) is 0 Å². The zero-order valence-corrected chi connectivity index (χ0v) is 25.3. The maximum absolute atomic E-state index is 13.9. The number of piperidine rings is 1. The number of hydrogen-bond donors (Lipinski definition) is 3. The molecule has 2 fully saturated rings. The zero-order chi connectivity index (χ0) is 33.3. The van der Waals surface area contributed by atoms with Crippen molar-refractivity contribution in [3.05, 3.63) is 46.9 Å². The molecule has 0 radical (unpaired) electrons. The van der Waals surface area contributed by atoms with E-state index >= 15 is 0 Å². The van der Waals surface area contributed by atoms with Crippen LogP contribution >= 0.6 is 0 Å². The van der Waals surface area contributed by atoms with Gasteiger partial charge in [0.25, 0.3) is 5.69 Å². The summed E-state index contributed by atoms with van der Waals surface area (Å²) in [7, 11) is 3.22. The van der Waals surface area contributed by atoms with Gasteiger partial charge >= 0.3 is 6.03 Å². The highest BCUT2D eigenvalue weighted by molar-refractivity contribution is 6.01. The van der Waals surface area contributed by atoms with Crippen molar-refractivity contribution in [1.82, 2.24) is 19.4 Å². The minimum absolute atomic E-state index is 0.0398. The molecule has 3 aromatic rings. The summed E-state index contributed by atoms with van der Waals surface area (Å²) in [5.74, 6) is 0.416. The van der Waals surface area contributed by atoms with Crippen LogP contribution in [-0.2, 0) is 9.53 Å². The molecule has 4 heterocycles. The van der Waals surface area contributed by atoms with E-state index in [1.54, 1.807) is 11.0 Å². The molecule has 6 atom stereocenters. The molecule has 0 saturated carbocycles. The maximum atomic E-state index is 13.9. The minimum atomic E-state index is -1.64. The van der Waals surface area contributed by atoms with Crippen LogP contribution in [0, 0.1) is 27.4 Å². The molecule has 2 aliphatic rings. The number of non-ortho nitro benzene ring substituents is 1. The van der Waals surface area contributed by atoms with Crippen LogP contribution in [-0.4, -0.2) is 116 Å². The molecule has 0 spiro atoms. The van der Waals surface area contributed by atoms with E-state index in [1.807, 2.05) is 18.0 Å². The molecule has 244 valence electrons. The average Bonchev–Trinajstić information content (AvgIpc) is 3.49. The number of benzene rings is 1. The number of nitro benzene ring substituents is 1. The fourth-order valence-electron chi connectivity index (χ4n) is 5.74. The molecule has 1 aromatic carbocycles. The van der Waals surface area contributed by atoms with E-state index in [-0.39, 0.29) is 53.7 Å². The fourth-order valence-corrected chi connectivity index (χ4v) is 5.74. The van der Waals surface area contributed by atoms with Crippen molar-refractivity contribution in [3.8, 4) is 11.8 Å². The first-order valence-electron chi connectivity index (χ1n) is 14.5. The average molecular weight is 639 g/mol. The number of anilines is 2. The number of nitriles is 1. The van der Waals surface area contributed by atoms with Gasteiger partial charge in [-0.2, -0.15) is 5.26 Å². The van der Waals surface area contributed by atoms with Gasteiger partial charge in [-0.05, 0) is 24.5 Å². The van der Waals surface area contributed by atoms with Gasteiger partial charge in [0.05, 0.1) is 34.7 Å². The number of aliphatic hydroxyl groups excluding tert-OH is 3. The van der Waals surface area contributed by atoms with Crippen molar-refractivity contribution in [3.63, 3.8) is 0 Å². The lowest BCUT2D eigenvalue weighted by Gasteiger charge is -2.42. The third-order valence-corrected chi connectivity index (χ3v) is 8.50. The molecule has 17 heteroatoms. The van der Waals surface area contributed by atoms with Crippen molar-refractivity contribution in [1.29, 1.82) is 5.26 Å². The normalized spacial score (nSPS) is 24.7. The summed E-state index contributed by atoms with van der Waals surface area (Å²) in [4.78, 5) is 50.8. The van der Waals surface area contributed by atoms with E-state index in [0.717, 1.165) is 23.5 Å². The predicted molar refractivity (Wildman–Crippen MR) is 161 cm³/mol. The first kappa shape index (κ1) is 32.5. The Morgan fingerprint density at radius 3 is 2.70 bits per heavy atom. The van der Waals surface area contributed by atoms with Gasteiger partial charge in [-0.3, -0.25) is 24.4 Å². The van der Waals surface area contributed by atoms with E-state index < -0.39 is 35.6 Å². The number of aromatic nitrogens is 3. The van der Waals surface area contributed by atoms with Gasteiger partial charge in [0.1, 0.15) is 42.6 Å². The Labute approximate surface area is 262 Å². The minimum Gasteiger partial charge on any atom is -0.460 e. The van der Waals surface area contributed by atoms with Crippen molar-refractivity contribution in [2.24, 2.45) is 5.92 Å². The summed E-state index contributed by atoms with van der Waals surface area (Å²) in [5, 5.41) is 51.3. The molecule has 46 heavy (non-hydrogen) atoms. The molecule has 2 aliphatic heterocycles. The number of nitrogens with zero attached hydrogens (tertiary/aromatic N) is 8. The second-order valence-electron chi connectivity index (χ2n) is 11.4. The Morgan fingerprint density at radius 1 is 1.22 bits per heavy atom. The van der Waals surface area contributed by atoms with E-state index in [0.29, 0.717) is 24.3 Å². The number of aliphatic hydroxyl groups is 3. The molecule has 5 rings (SSSR count). The Morgan fingerprint density at radius 2 is 1.98 bits per heavy atom. The van der Waals surface area contributed by atoms with E-state index in [4.69, 9.17) is 14.7 Å². The second-order valence-corrected chi connectivity index (χ2v) is 11.4. The molecule has 17 nitrogen and oxygen atoms in total. The number of ether oxygens (including phenoxy) is 2. The summed E-state index contributed by atoms with van der Waals surface area (Å²) < 4.78 is 12.3. The number of fused-ring (bicyclic) bond motifs is 1. The number of carbonyl (C=O) groups excluding carboxylic acids is 2. The Bertz CT molecular complexity index is 1680. The number of likely N-dealkylation sites (tertiary alicyclic amines) is 1. The molecule has 2 saturated heterocycles. The third kappa shape index (κ3) is 6.15. The molecule has 0 aliphatic carbocycles. The molecular weight excluding hydrogens is 604 g/mol. The highest BCUT2D eigenvalue weighted by Crippen LogP contribution is 2.35. The third-order valence-electron chi connectivity index (χ3n) is 8.50. The van der Waals surface area contributed by atoms with Gasteiger partial charge < -0.3 is 34.6 Å². The SMILES string of the molecule is C[C@@H]1CCN(C(=O)CC#N)CC1N(C)c1ncnc2c1ccn2C(=O)N(C)c1cc([N+](=O)[O-])ccc1O[C@@H]1OC[C@@H](O)[C@H](O)[C@H]1O. The van der Waals surface area contributed by atoms with Gasteiger partial charge in [-0.25, -0.2) is 14.8 Å². The van der Waals surface area contributed by atoms with E-state index in [9.17, 15) is 35.0 Å². The quantitative estimate of drug-likeness (QED) is 0.242. The largest absolute Gasteiger partial charge is 0.460 e. The number of nitro groups is 1. The van der Waals surface area contributed by atoms with E-state index in [1.165, 1.54) is 30.2 Å². The Hall–Kier alpha value is -4.89. The van der Waals surface area contributed by atoms with Crippen LogP contribution in [0.5, 0.6) is 5.75 Å². The first-order valence-corrected chi connectivity index (χ1v) is 14.5. The fraction of sp³-hybridized carbons (Fsp3) is 0.483. The monoisotopic (exact) mass is 638 g/mol. The smallest absolute Gasteiger partial charge is 0.334 e. The predicted octanol–water partition coefficient (Wildman–Crippen LogP) is 0.849. The lowest BCUT2D eigenvalue weighted by molar-refractivity contribution is -0.384. The standard InChI is InChI=1S/C29H34N8O9/c1-16-7-10-35(23(39)6-9-30)13-20(16)33(2)26-18-8-11-36(27(18)32-15-31-26)29(42)34(3)19-12-17(37(43)44)4-5-22(19)46-28-25(41)24(40)21(38)14-45-28/h4-5,8,11-12,15-16,20-21,24-25,28,38,40-41H,6-7,10,13-14H2,1-3H3/t16-,20?,21-,24+,25-,28+/m1/s1. The van der Waals surface area contributed by atoms with Crippen LogP contribution in [0.1, 0.15) is 19.8 Å². The number of amides is 2. The van der Waals surface area contributed by atoms with Crippen LogP contribution < -0.4 is 14.5 Å². The van der Waals surface area contributed by atoms with Crippen LogP contribution in [0.4, 0.5) is 22.0 Å². The number of carbonyl (C=O) groups is 2. The molecule has 2 aromatic heterocycles. The Balaban J connectivity index is 1.44. The van der Waals surface area contributed by atoms with Crippen molar-refractivity contribution in [2.45, 2.75) is 50.4 Å². The lowest BCUT2D eigenvalue weighted by Crippen LogP contribution is -2.54. The maximum Gasteiger partial charge on any atom is 0.334 e. The van der Waals surface area contributed by atoms with Crippen LogP contribution in [0.25, 0.3) is 11.0 Å². The zero-order valence-electron chi connectivity index (χ0n) is 25.3. The molecular formula is C29H34N8O9. The molecule has 0 bridgehead atoms. The number of likely N-dealkylation sites (N-methyl/N-ethyl adjacent to an activating group) is 1. The number of rotatable bonds is 7. The summed E-state index contributed by atoms with van der Waals surface area (Å²) in [5.41, 5.74) is -0.122.